The Morgan fingerprint density at radius 1 is 1.42 bits per heavy atom. The van der Waals surface area contributed by atoms with Crippen molar-refractivity contribution in [3.63, 3.8) is 0 Å². The van der Waals surface area contributed by atoms with E-state index in [0.717, 1.165) is 9.61 Å². The van der Waals surface area contributed by atoms with Gasteiger partial charge in [-0.1, -0.05) is 0 Å². The fraction of sp³-hybridized carbons (Fsp3) is 0.125. The first-order chi connectivity index (χ1) is 5.75. The molecule has 62 valence electrons. The molecule has 2 aromatic rings. The molecule has 0 atom stereocenters. The van der Waals surface area contributed by atoms with Crippen LogP contribution in [-0.2, 0) is 0 Å². The second-order valence-electron chi connectivity index (χ2n) is 2.39. The van der Waals surface area contributed by atoms with E-state index in [1.165, 1.54) is 9.75 Å². The number of halogens is 1. The molecular formula is C8H6BrNS2. The molecule has 0 N–H and O–H groups in total. The van der Waals surface area contributed by atoms with Crippen LogP contribution in [0.3, 0.4) is 0 Å². The van der Waals surface area contributed by atoms with Crippen LogP contribution < -0.4 is 0 Å². The summed E-state index contributed by atoms with van der Waals surface area (Å²) in [7, 11) is 0. The first-order valence-electron chi connectivity index (χ1n) is 3.43. The number of rotatable bonds is 1. The van der Waals surface area contributed by atoms with Crippen molar-refractivity contribution in [2.24, 2.45) is 0 Å². The van der Waals surface area contributed by atoms with E-state index in [2.05, 4.69) is 40.0 Å². The van der Waals surface area contributed by atoms with Gasteiger partial charge in [-0.25, -0.2) is 4.98 Å². The summed E-state index contributed by atoms with van der Waals surface area (Å²) in [6.45, 7) is 2.11. The topological polar surface area (TPSA) is 12.9 Å². The van der Waals surface area contributed by atoms with Crippen molar-refractivity contribution in [1.29, 1.82) is 0 Å². The van der Waals surface area contributed by atoms with Crippen LogP contribution in [0.5, 0.6) is 0 Å². The molecule has 0 saturated carbocycles. The van der Waals surface area contributed by atoms with Crippen LogP contribution in [0.15, 0.2) is 22.1 Å². The van der Waals surface area contributed by atoms with Crippen LogP contribution in [0.25, 0.3) is 9.88 Å². The number of aryl methyl sites for hydroxylation is 1. The molecule has 0 unspecified atom stereocenters. The van der Waals surface area contributed by atoms with Gasteiger partial charge in [-0.3, -0.25) is 0 Å². The van der Waals surface area contributed by atoms with E-state index in [0.29, 0.717) is 0 Å². The molecule has 2 aromatic heterocycles. The van der Waals surface area contributed by atoms with Gasteiger partial charge in [0.05, 0.1) is 4.88 Å². The monoisotopic (exact) mass is 259 g/mol. The highest BCUT2D eigenvalue weighted by molar-refractivity contribution is 9.10. The summed E-state index contributed by atoms with van der Waals surface area (Å²) >= 11 is 6.79. The summed E-state index contributed by atoms with van der Waals surface area (Å²) in [4.78, 5) is 6.92. The van der Waals surface area contributed by atoms with Crippen LogP contribution in [0.1, 0.15) is 4.88 Å². The number of thiophene rings is 1. The van der Waals surface area contributed by atoms with Gasteiger partial charge < -0.3 is 0 Å². The third-order valence-electron chi connectivity index (χ3n) is 1.43. The predicted octanol–water partition coefficient (Wildman–Crippen LogP) is 3.94. The zero-order chi connectivity index (χ0) is 8.55. The van der Waals surface area contributed by atoms with Crippen LogP contribution in [-0.4, -0.2) is 4.98 Å². The quantitative estimate of drug-likeness (QED) is 0.756. The number of thiazole rings is 1. The second kappa shape index (κ2) is 3.28. The van der Waals surface area contributed by atoms with E-state index < -0.39 is 0 Å². The van der Waals surface area contributed by atoms with Crippen molar-refractivity contribution < 1.29 is 0 Å². The molecule has 0 bridgehead atoms. The Bertz CT molecular complexity index is 353. The van der Waals surface area contributed by atoms with Gasteiger partial charge in [0.15, 0.2) is 0 Å². The fourth-order valence-electron chi connectivity index (χ4n) is 0.917. The zero-order valence-electron chi connectivity index (χ0n) is 6.37. The smallest absolute Gasteiger partial charge is 0.134 e. The lowest BCUT2D eigenvalue weighted by atomic mass is 10.4. The van der Waals surface area contributed by atoms with Crippen molar-refractivity contribution in [2.75, 3.05) is 0 Å². The molecule has 0 spiro atoms. The number of hydrogen-bond donors (Lipinski definition) is 0. The van der Waals surface area contributed by atoms with E-state index in [1.807, 2.05) is 5.38 Å². The minimum atomic E-state index is 0.925. The number of nitrogens with zero attached hydrogens (tertiary/aromatic N) is 1. The molecule has 0 aliphatic carbocycles. The minimum Gasteiger partial charge on any atom is -0.228 e. The highest BCUT2D eigenvalue weighted by atomic mass is 79.9. The standard InChI is InChI=1S/C8H6BrNS2/c1-5-2-3-6(12-5)8-10-7(9)4-11-8/h2-4H,1H3. The average molecular weight is 260 g/mol. The molecular weight excluding hydrogens is 254 g/mol. The molecule has 2 rings (SSSR count). The molecule has 0 fully saturated rings. The fourth-order valence-corrected chi connectivity index (χ4v) is 3.11. The van der Waals surface area contributed by atoms with E-state index in [1.54, 1.807) is 22.7 Å². The molecule has 0 aliphatic rings. The van der Waals surface area contributed by atoms with Crippen LogP contribution in [0.2, 0.25) is 0 Å². The van der Waals surface area contributed by atoms with Crippen molar-refractivity contribution in [1.82, 2.24) is 4.98 Å². The van der Waals surface area contributed by atoms with E-state index >= 15 is 0 Å². The Balaban J connectivity index is 2.43. The molecule has 4 heteroatoms. The Labute approximate surface area is 87.2 Å². The molecule has 12 heavy (non-hydrogen) atoms. The van der Waals surface area contributed by atoms with Crippen molar-refractivity contribution >= 4 is 38.6 Å². The van der Waals surface area contributed by atoms with E-state index in [4.69, 9.17) is 0 Å². The normalized spacial score (nSPS) is 10.5. The lowest BCUT2D eigenvalue weighted by molar-refractivity contribution is 1.37. The molecule has 0 aliphatic heterocycles. The Morgan fingerprint density at radius 2 is 2.25 bits per heavy atom. The van der Waals surface area contributed by atoms with Gasteiger partial charge >= 0.3 is 0 Å². The van der Waals surface area contributed by atoms with Gasteiger partial charge in [0.2, 0.25) is 0 Å². The summed E-state index contributed by atoms with van der Waals surface area (Å²) in [6.07, 6.45) is 0. The maximum Gasteiger partial charge on any atom is 0.134 e. The third kappa shape index (κ3) is 1.60. The maximum absolute atomic E-state index is 4.34. The van der Waals surface area contributed by atoms with E-state index in [-0.39, 0.29) is 0 Å². The number of hydrogen-bond acceptors (Lipinski definition) is 3. The average Bonchev–Trinajstić information content (AvgIpc) is 2.58. The lowest BCUT2D eigenvalue weighted by Crippen LogP contribution is -1.66. The number of aromatic nitrogens is 1. The zero-order valence-corrected chi connectivity index (χ0v) is 9.59. The summed E-state index contributed by atoms with van der Waals surface area (Å²) in [5.74, 6) is 0. The predicted molar refractivity (Wildman–Crippen MR) is 57.9 cm³/mol. The first-order valence-corrected chi connectivity index (χ1v) is 5.92. The van der Waals surface area contributed by atoms with Crippen molar-refractivity contribution in [3.05, 3.63) is 27.0 Å². The van der Waals surface area contributed by atoms with Crippen LogP contribution in [0, 0.1) is 6.92 Å². The third-order valence-corrected chi connectivity index (χ3v) is 4.15. The molecule has 2 heterocycles. The SMILES string of the molecule is Cc1ccc(-c2nc(Br)cs2)s1. The van der Waals surface area contributed by atoms with Crippen molar-refractivity contribution in [2.45, 2.75) is 6.92 Å². The summed E-state index contributed by atoms with van der Waals surface area (Å²) < 4.78 is 0.925. The molecule has 0 radical (unpaired) electrons. The van der Waals surface area contributed by atoms with Crippen LogP contribution in [0.4, 0.5) is 0 Å². The second-order valence-corrected chi connectivity index (χ2v) is 5.34. The van der Waals surface area contributed by atoms with Gasteiger partial charge in [-0.2, -0.15) is 0 Å². The molecule has 0 saturated heterocycles. The largest absolute Gasteiger partial charge is 0.228 e. The summed E-state index contributed by atoms with van der Waals surface area (Å²) in [5, 5.41) is 3.10. The minimum absolute atomic E-state index is 0.925. The molecule has 1 nitrogen and oxygen atoms in total. The van der Waals surface area contributed by atoms with Gasteiger partial charge in [-0.15, -0.1) is 22.7 Å². The Kier molecular flexibility index (Phi) is 2.30. The molecule has 0 amide bonds. The van der Waals surface area contributed by atoms with Gasteiger partial charge in [0.1, 0.15) is 9.61 Å². The molecule has 0 aromatic carbocycles. The van der Waals surface area contributed by atoms with Gasteiger partial charge in [-0.05, 0) is 35.0 Å². The van der Waals surface area contributed by atoms with E-state index in [9.17, 15) is 0 Å². The highest BCUT2D eigenvalue weighted by Gasteiger charge is 2.04. The van der Waals surface area contributed by atoms with Crippen LogP contribution >= 0.6 is 38.6 Å². The summed E-state index contributed by atoms with van der Waals surface area (Å²) in [5.41, 5.74) is 0. The Hall–Kier alpha value is -0.190. The highest BCUT2D eigenvalue weighted by Crippen LogP contribution is 2.31. The van der Waals surface area contributed by atoms with Gasteiger partial charge in [0, 0.05) is 10.3 Å². The van der Waals surface area contributed by atoms with Crippen molar-refractivity contribution in [3.8, 4) is 9.88 Å². The Morgan fingerprint density at radius 3 is 2.75 bits per heavy atom. The lowest BCUT2D eigenvalue weighted by Gasteiger charge is -1.85. The van der Waals surface area contributed by atoms with Gasteiger partial charge in [0.25, 0.3) is 0 Å². The first kappa shape index (κ1) is 8.41. The summed E-state index contributed by atoms with van der Waals surface area (Å²) in [6, 6.07) is 4.24. The maximum atomic E-state index is 4.34.